The second kappa shape index (κ2) is 16.6. The van der Waals surface area contributed by atoms with Gasteiger partial charge in [-0.05, 0) is 42.5 Å². The largest absolute Gasteiger partial charge is 0.461 e. The molecule has 15 heteroatoms. The first-order valence-electron chi connectivity index (χ1n) is 12.7. The van der Waals surface area contributed by atoms with Crippen LogP contribution in [0, 0.1) is 10.1 Å². The Morgan fingerprint density at radius 3 is 1.91 bits per heavy atom. The van der Waals surface area contributed by atoms with E-state index in [0.29, 0.717) is 28.8 Å². The number of nitro groups is 1. The van der Waals surface area contributed by atoms with Crippen LogP contribution in [0.2, 0.25) is 0 Å². The van der Waals surface area contributed by atoms with Gasteiger partial charge in [0.1, 0.15) is 28.9 Å². The second-order valence-electron chi connectivity index (χ2n) is 8.29. The van der Waals surface area contributed by atoms with Crippen molar-refractivity contribution >= 4 is 62.0 Å². The van der Waals surface area contributed by atoms with E-state index in [-0.39, 0.29) is 30.3 Å². The standard InChI is InChI=1S/C29H26N6O8S/c1-4-27(36)41-17-15-34(16-18-42-28(37)5-2)21-9-7-20(8-10-21)30-32-25-13-14-26(44-25)33-31-23-12-11-22(35(39)40)19-24(23)43-29(38)6-3/h4-14,19H,1-3,15-18H2. The Bertz CT molecular complexity index is 1570. The van der Waals surface area contributed by atoms with Gasteiger partial charge in [-0.15, -0.1) is 20.5 Å². The predicted molar refractivity (Wildman–Crippen MR) is 163 cm³/mol. The van der Waals surface area contributed by atoms with Crippen molar-refractivity contribution in [3.63, 3.8) is 0 Å². The Morgan fingerprint density at radius 1 is 0.795 bits per heavy atom. The maximum atomic E-state index is 11.6. The number of esters is 3. The minimum absolute atomic E-state index is 0.102. The molecule has 44 heavy (non-hydrogen) atoms. The minimum atomic E-state index is -0.801. The lowest BCUT2D eigenvalue weighted by Crippen LogP contribution is -2.31. The number of carbonyl (C=O) groups excluding carboxylic acids is 3. The summed E-state index contributed by atoms with van der Waals surface area (Å²) in [5.41, 5.74) is 1.16. The molecule has 0 amide bonds. The Labute approximate surface area is 255 Å². The molecule has 0 radical (unpaired) electrons. The normalized spacial score (nSPS) is 10.7. The van der Waals surface area contributed by atoms with Gasteiger partial charge in [-0.1, -0.05) is 31.1 Å². The lowest BCUT2D eigenvalue weighted by Gasteiger charge is -2.24. The van der Waals surface area contributed by atoms with Crippen LogP contribution < -0.4 is 9.64 Å². The molecule has 14 nitrogen and oxygen atoms in total. The maximum Gasteiger partial charge on any atom is 0.335 e. The molecule has 0 saturated carbocycles. The fourth-order valence-electron chi connectivity index (χ4n) is 3.30. The molecule has 0 atom stereocenters. The van der Waals surface area contributed by atoms with Crippen LogP contribution in [-0.4, -0.2) is 49.1 Å². The topological polar surface area (TPSA) is 175 Å². The molecule has 1 heterocycles. The molecule has 0 N–H and O–H groups in total. The van der Waals surface area contributed by atoms with E-state index in [4.69, 9.17) is 14.2 Å². The lowest BCUT2D eigenvalue weighted by molar-refractivity contribution is -0.384. The van der Waals surface area contributed by atoms with Gasteiger partial charge in [0.25, 0.3) is 5.69 Å². The number of rotatable bonds is 16. The summed E-state index contributed by atoms with van der Waals surface area (Å²) >= 11 is 1.18. The van der Waals surface area contributed by atoms with Crippen molar-refractivity contribution in [3.8, 4) is 5.75 Å². The third kappa shape index (κ3) is 10.2. The van der Waals surface area contributed by atoms with E-state index in [1.165, 1.54) is 23.5 Å². The molecule has 0 fully saturated rings. The molecule has 3 aromatic rings. The van der Waals surface area contributed by atoms with Gasteiger partial charge in [0, 0.05) is 30.0 Å². The number of nitro benzene ring substituents is 1. The minimum Gasteiger partial charge on any atom is -0.461 e. The van der Waals surface area contributed by atoms with Crippen molar-refractivity contribution < 1.29 is 33.5 Å². The zero-order chi connectivity index (χ0) is 31.9. The molecular weight excluding hydrogens is 592 g/mol. The number of hydrogen-bond donors (Lipinski definition) is 0. The molecule has 3 rings (SSSR count). The zero-order valence-corrected chi connectivity index (χ0v) is 24.1. The molecule has 0 aliphatic rings. The van der Waals surface area contributed by atoms with Crippen molar-refractivity contribution in [1.82, 2.24) is 0 Å². The van der Waals surface area contributed by atoms with E-state index in [1.54, 1.807) is 36.4 Å². The maximum absolute atomic E-state index is 11.6. The summed E-state index contributed by atoms with van der Waals surface area (Å²) in [4.78, 5) is 46.7. The van der Waals surface area contributed by atoms with Gasteiger partial charge in [-0.3, -0.25) is 10.1 Å². The number of ether oxygens (including phenoxy) is 3. The zero-order valence-electron chi connectivity index (χ0n) is 23.2. The van der Waals surface area contributed by atoms with Gasteiger partial charge >= 0.3 is 17.9 Å². The molecule has 0 bridgehead atoms. The number of benzene rings is 2. The van der Waals surface area contributed by atoms with Crippen molar-refractivity contribution in [2.24, 2.45) is 20.5 Å². The van der Waals surface area contributed by atoms with Gasteiger partial charge in [0.05, 0.1) is 29.8 Å². The van der Waals surface area contributed by atoms with Crippen LogP contribution in [-0.2, 0) is 23.9 Å². The smallest absolute Gasteiger partial charge is 0.335 e. The van der Waals surface area contributed by atoms with Crippen molar-refractivity contribution in [2.45, 2.75) is 0 Å². The van der Waals surface area contributed by atoms with E-state index < -0.39 is 22.8 Å². The molecule has 0 spiro atoms. The average molecular weight is 619 g/mol. The first-order valence-corrected chi connectivity index (χ1v) is 13.5. The van der Waals surface area contributed by atoms with Crippen LogP contribution in [0.25, 0.3) is 0 Å². The van der Waals surface area contributed by atoms with Gasteiger partial charge < -0.3 is 19.1 Å². The summed E-state index contributed by atoms with van der Waals surface area (Å²) in [5, 5.41) is 28.7. The summed E-state index contributed by atoms with van der Waals surface area (Å²) in [7, 11) is 0. The van der Waals surface area contributed by atoms with Crippen LogP contribution in [0.4, 0.5) is 32.8 Å². The Hall–Kier alpha value is -5.83. The summed E-state index contributed by atoms with van der Waals surface area (Å²) < 4.78 is 15.2. The van der Waals surface area contributed by atoms with E-state index in [1.807, 2.05) is 4.90 Å². The van der Waals surface area contributed by atoms with E-state index >= 15 is 0 Å². The molecule has 2 aromatic carbocycles. The fraction of sp³-hybridized carbons (Fsp3) is 0.138. The van der Waals surface area contributed by atoms with Crippen LogP contribution in [0.15, 0.2) is 113 Å². The predicted octanol–water partition coefficient (Wildman–Crippen LogP) is 6.84. The molecule has 0 aliphatic heterocycles. The van der Waals surface area contributed by atoms with Gasteiger partial charge in [-0.2, -0.15) is 0 Å². The number of azo groups is 2. The molecule has 0 aliphatic carbocycles. The summed E-state index contributed by atoms with van der Waals surface area (Å²) in [6.45, 7) is 10.9. The third-order valence-corrected chi connectivity index (χ3v) is 6.24. The first-order chi connectivity index (χ1) is 21.2. The molecule has 0 unspecified atom stereocenters. The SMILES string of the molecule is C=CC(=O)OCCN(CCOC(=O)C=C)c1ccc(N=Nc2ccc(N=Nc3ccc([N+](=O)[O-])cc3OC(=O)C=C)s2)cc1. The van der Waals surface area contributed by atoms with E-state index in [0.717, 1.165) is 30.0 Å². The summed E-state index contributed by atoms with van der Waals surface area (Å²) in [6, 6.07) is 14.0. The second-order valence-corrected chi connectivity index (χ2v) is 9.33. The number of thiophene rings is 1. The van der Waals surface area contributed by atoms with Gasteiger partial charge in [0.15, 0.2) is 5.75 Å². The number of hydrogen-bond acceptors (Lipinski definition) is 14. The van der Waals surface area contributed by atoms with Gasteiger partial charge in [-0.25, -0.2) is 14.4 Å². The van der Waals surface area contributed by atoms with Crippen LogP contribution in [0.3, 0.4) is 0 Å². The highest BCUT2D eigenvalue weighted by atomic mass is 32.1. The highest BCUT2D eigenvalue weighted by Crippen LogP contribution is 2.37. The van der Waals surface area contributed by atoms with Crippen LogP contribution >= 0.6 is 11.3 Å². The number of anilines is 1. The van der Waals surface area contributed by atoms with Crippen LogP contribution in [0.1, 0.15) is 0 Å². The third-order valence-electron chi connectivity index (χ3n) is 5.39. The monoisotopic (exact) mass is 618 g/mol. The molecule has 0 saturated heterocycles. The molecular formula is C29H26N6O8S. The van der Waals surface area contributed by atoms with Crippen molar-refractivity contribution in [3.05, 3.63) is 103 Å². The average Bonchev–Trinajstić information content (AvgIpc) is 3.50. The summed E-state index contributed by atoms with van der Waals surface area (Å²) in [5.74, 6) is -2.02. The fourth-order valence-corrected chi connectivity index (χ4v) is 3.95. The number of non-ortho nitro benzene ring substituents is 1. The number of nitrogens with zero attached hydrogens (tertiary/aromatic N) is 6. The van der Waals surface area contributed by atoms with Crippen LogP contribution in [0.5, 0.6) is 5.75 Å². The number of carbonyl (C=O) groups is 3. The Balaban J connectivity index is 1.67. The van der Waals surface area contributed by atoms with Crippen molar-refractivity contribution in [2.75, 3.05) is 31.2 Å². The first kappa shape index (κ1) is 32.7. The molecule has 226 valence electrons. The molecule has 1 aromatic heterocycles. The van der Waals surface area contributed by atoms with Gasteiger partial charge in [0.2, 0.25) is 0 Å². The lowest BCUT2D eigenvalue weighted by atomic mass is 10.2. The Morgan fingerprint density at radius 2 is 1.36 bits per heavy atom. The van der Waals surface area contributed by atoms with E-state index in [2.05, 4.69) is 40.2 Å². The highest BCUT2D eigenvalue weighted by molar-refractivity contribution is 7.19. The highest BCUT2D eigenvalue weighted by Gasteiger charge is 2.14. The summed E-state index contributed by atoms with van der Waals surface area (Å²) in [6.07, 6.45) is 3.08. The van der Waals surface area contributed by atoms with Crippen molar-refractivity contribution in [1.29, 1.82) is 0 Å². The quantitative estimate of drug-likeness (QED) is 0.0415. The van der Waals surface area contributed by atoms with E-state index in [9.17, 15) is 24.5 Å². The Kier molecular flexibility index (Phi) is 12.3.